The van der Waals surface area contributed by atoms with Gasteiger partial charge in [-0.2, -0.15) is 0 Å². The van der Waals surface area contributed by atoms with E-state index < -0.39 is 10.0 Å². The molecule has 0 spiro atoms. The van der Waals surface area contributed by atoms with Gasteiger partial charge in [0.05, 0.1) is 12.3 Å². The van der Waals surface area contributed by atoms with Crippen LogP contribution in [0.3, 0.4) is 0 Å². The van der Waals surface area contributed by atoms with Crippen molar-refractivity contribution in [1.82, 2.24) is 14.5 Å². The van der Waals surface area contributed by atoms with Crippen LogP contribution in [-0.2, 0) is 10.0 Å². The molecule has 0 unspecified atom stereocenters. The Hall–Kier alpha value is -0.820. The van der Waals surface area contributed by atoms with Crippen LogP contribution in [0.4, 0.5) is 0 Å². The van der Waals surface area contributed by atoms with E-state index in [1.807, 2.05) is 27.8 Å². The van der Waals surface area contributed by atoms with E-state index in [4.69, 9.17) is 0 Å². The number of nitrogens with zero attached hydrogens (tertiary/aromatic N) is 3. The topological polar surface area (TPSA) is 65.0 Å². The molecule has 0 atom stereocenters. The third-order valence-corrected chi connectivity index (χ3v) is 5.25. The molecule has 126 valence electrons. The van der Waals surface area contributed by atoms with Gasteiger partial charge >= 0.3 is 0 Å². The summed E-state index contributed by atoms with van der Waals surface area (Å²) in [7, 11) is -1.21. The van der Waals surface area contributed by atoms with Gasteiger partial charge in [0.25, 0.3) is 0 Å². The minimum Gasteiger partial charge on any atom is -0.357 e. The first-order chi connectivity index (χ1) is 9.92. The van der Waals surface area contributed by atoms with Crippen LogP contribution in [0.1, 0.15) is 40.5 Å². The predicted molar refractivity (Wildman–Crippen MR) is 90.2 cm³/mol. The Bertz CT molecular complexity index is 392. The Balaban J connectivity index is 4.63. The smallest absolute Gasteiger partial charge is 0.215 e. The molecular formula is C14H32N4O2S. The van der Waals surface area contributed by atoms with Crippen molar-refractivity contribution in [1.29, 1.82) is 0 Å². The highest BCUT2D eigenvalue weighted by Crippen LogP contribution is 2.01. The molecule has 0 saturated carbocycles. The van der Waals surface area contributed by atoms with Crippen molar-refractivity contribution >= 4 is 16.0 Å². The maximum atomic E-state index is 12.1. The molecule has 0 radical (unpaired) electrons. The fourth-order valence-electron chi connectivity index (χ4n) is 1.98. The zero-order chi connectivity index (χ0) is 16.3. The van der Waals surface area contributed by atoms with Gasteiger partial charge in [0.2, 0.25) is 10.0 Å². The summed E-state index contributed by atoms with van der Waals surface area (Å²) in [5.41, 5.74) is 0. The molecule has 0 amide bonds. The molecule has 0 fully saturated rings. The summed E-state index contributed by atoms with van der Waals surface area (Å²) in [5, 5.41) is 3.20. The van der Waals surface area contributed by atoms with E-state index in [2.05, 4.69) is 22.1 Å². The minimum absolute atomic E-state index is 0.0607. The van der Waals surface area contributed by atoms with Crippen molar-refractivity contribution in [2.75, 3.05) is 45.5 Å². The zero-order valence-electron chi connectivity index (χ0n) is 14.2. The SMILES string of the molecule is CCCCN(C)C(=NCCS(=O)(=O)N(CC)CC)NCC. The van der Waals surface area contributed by atoms with E-state index in [1.54, 1.807) is 0 Å². The molecule has 0 saturated heterocycles. The quantitative estimate of drug-likeness (QED) is 0.487. The Kier molecular flexibility index (Phi) is 10.4. The van der Waals surface area contributed by atoms with E-state index in [0.29, 0.717) is 13.1 Å². The van der Waals surface area contributed by atoms with Gasteiger partial charge in [0.1, 0.15) is 0 Å². The summed E-state index contributed by atoms with van der Waals surface area (Å²) in [5.74, 6) is 0.839. The normalized spacial score (nSPS) is 12.8. The Labute approximate surface area is 130 Å². The number of rotatable bonds is 10. The van der Waals surface area contributed by atoms with Gasteiger partial charge < -0.3 is 10.2 Å². The molecule has 0 bridgehead atoms. The third-order valence-electron chi connectivity index (χ3n) is 3.25. The van der Waals surface area contributed by atoms with Crippen LogP contribution in [0.25, 0.3) is 0 Å². The number of aliphatic imine (C=N–C) groups is 1. The summed E-state index contributed by atoms with van der Waals surface area (Å²) in [6.45, 7) is 10.9. The molecule has 21 heavy (non-hydrogen) atoms. The summed E-state index contributed by atoms with van der Waals surface area (Å²) >= 11 is 0. The van der Waals surface area contributed by atoms with E-state index >= 15 is 0 Å². The molecule has 0 heterocycles. The molecule has 0 aromatic heterocycles. The highest BCUT2D eigenvalue weighted by Gasteiger charge is 2.18. The lowest BCUT2D eigenvalue weighted by Crippen LogP contribution is -2.40. The van der Waals surface area contributed by atoms with Gasteiger partial charge in [-0.05, 0) is 13.3 Å². The minimum atomic E-state index is -3.20. The second-order valence-electron chi connectivity index (χ2n) is 4.91. The molecule has 7 heteroatoms. The molecule has 0 aliphatic carbocycles. The second-order valence-corrected chi connectivity index (χ2v) is 7.00. The zero-order valence-corrected chi connectivity index (χ0v) is 15.0. The summed E-state index contributed by atoms with van der Waals surface area (Å²) in [6.07, 6.45) is 2.22. The number of nitrogens with one attached hydrogen (secondary N) is 1. The number of unbranched alkanes of at least 4 members (excludes halogenated alkanes) is 1. The third kappa shape index (κ3) is 7.66. The van der Waals surface area contributed by atoms with Crippen molar-refractivity contribution in [2.24, 2.45) is 4.99 Å². The van der Waals surface area contributed by atoms with Crippen molar-refractivity contribution < 1.29 is 8.42 Å². The molecule has 1 N–H and O–H groups in total. The number of sulfonamides is 1. The number of hydrogen-bond donors (Lipinski definition) is 1. The lowest BCUT2D eigenvalue weighted by atomic mass is 10.3. The fraction of sp³-hybridized carbons (Fsp3) is 0.929. The standard InChI is InChI=1S/C14H32N4O2S/c1-6-10-12-17(5)14(15-7-2)16-11-13-21(19,20)18(8-3)9-4/h6-13H2,1-5H3,(H,15,16). The maximum absolute atomic E-state index is 12.1. The van der Waals surface area contributed by atoms with Gasteiger partial charge in [0, 0.05) is 33.2 Å². The molecule has 6 nitrogen and oxygen atoms in total. The first kappa shape index (κ1) is 20.2. The first-order valence-corrected chi connectivity index (χ1v) is 9.51. The molecule has 0 aliphatic rings. The van der Waals surface area contributed by atoms with Crippen LogP contribution in [0.2, 0.25) is 0 Å². The van der Waals surface area contributed by atoms with Gasteiger partial charge in [0.15, 0.2) is 5.96 Å². The monoisotopic (exact) mass is 320 g/mol. The summed E-state index contributed by atoms with van der Waals surface area (Å²) in [4.78, 5) is 6.48. The van der Waals surface area contributed by atoms with Crippen molar-refractivity contribution in [3.8, 4) is 0 Å². The summed E-state index contributed by atoms with van der Waals surface area (Å²) in [6, 6.07) is 0. The van der Waals surface area contributed by atoms with Crippen LogP contribution in [0.15, 0.2) is 4.99 Å². The van der Waals surface area contributed by atoms with Crippen LogP contribution >= 0.6 is 0 Å². The van der Waals surface area contributed by atoms with Crippen LogP contribution in [0, 0.1) is 0 Å². The first-order valence-electron chi connectivity index (χ1n) is 7.90. The van der Waals surface area contributed by atoms with E-state index in [9.17, 15) is 8.42 Å². The van der Waals surface area contributed by atoms with Crippen LogP contribution in [-0.4, -0.2) is 69.1 Å². The van der Waals surface area contributed by atoms with Gasteiger partial charge in [-0.15, -0.1) is 0 Å². The van der Waals surface area contributed by atoms with Gasteiger partial charge in [-0.1, -0.05) is 27.2 Å². The predicted octanol–water partition coefficient (Wildman–Crippen LogP) is 1.36. The van der Waals surface area contributed by atoms with Crippen molar-refractivity contribution in [2.45, 2.75) is 40.5 Å². The average Bonchev–Trinajstić information content (AvgIpc) is 2.44. The largest absolute Gasteiger partial charge is 0.357 e. The van der Waals surface area contributed by atoms with E-state index in [1.165, 1.54) is 4.31 Å². The Morgan fingerprint density at radius 3 is 2.24 bits per heavy atom. The van der Waals surface area contributed by atoms with Gasteiger partial charge in [-0.3, -0.25) is 4.99 Å². The number of guanidine groups is 1. The molecule has 0 aromatic rings. The summed E-state index contributed by atoms with van der Waals surface area (Å²) < 4.78 is 25.7. The highest BCUT2D eigenvalue weighted by molar-refractivity contribution is 7.89. The number of hydrogen-bond acceptors (Lipinski definition) is 3. The Morgan fingerprint density at radius 2 is 1.76 bits per heavy atom. The molecule has 0 aliphatic heterocycles. The molecular weight excluding hydrogens is 288 g/mol. The average molecular weight is 321 g/mol. The van der Waals surface area contributed by atoms with Crippen molar-refractivity contribution in [3.63, 3.8) is 0 Å². The molecule has 0 aromatic carbocycles. The second kappa shape index (κ2) is 10.8. The van der Waals surface area contributed by atoms with Crippen LogP contribution < -0.4 is 5.32 Å². The maximum Gasteiger partial charge on any atom is 0.215 e. The van der Waals surface area contributed by atoms with Crippen molar-refractivity contribution in [3.05, 3.63) is 0 Å². The Morgan fingerprint density at radius 1 is 1.14 bits per heavy atom. The van der Waals surface area contributed by atoms with Crippen LogP contribution in [0.5, 0.6) is 0 Å². The van der Waals surface area contributed by atoms with Gasteiger partial charge in [-0.25, -0.2) is 12.7 Å². The lowest BCUT2D eigenvalue weighted by Gasteiger charge is -2.22. The highest BCUT2D eigenvalue weighted by atomic mass is 32.2. The fourth-order valence-corrected chi connectivity index (χ4v) is 3.35. The van der Waals surface area contributed by atoms with E-state index in [-0.39, 0.29) is 12.3 Å². The van der Waals surface area contributed by atoms with E-state index in [0.717, 1.165) is 31.9 Å². The molecule has 0 rings (SSSR count). The lowest BCUT2D eigenvalue weighted by molar-refractivity contribution is 0.444.